The van der Waals surface area contributed by atoms with Gasteiger partial charge in [0.05, 0.1) is 16.3 Å². The van der Waals surface area contributed by atoms with E-state index >= 15 is 0 Å². The van der Waals surface area contributed by atoms with Gasteiger partial charge in [-0.3, -0.25) is 0 Å². The molecule has 1 aromatic carbocycles. The average Bonchev–Trinajstić information content (AvgIpc) is 2.41. The number of hydrogen-bond acceptors (Lipinski definition) is 2. The number of nitrogens with one attached hydrogen (secondary N) is 1. The fourth-order valence-corrected chi connectivity index (χ4v) is 3.99. The summed E-state index contributed by atoms with van der Waals surface area (Å²) in [5, 5.41) is 3.51. The number of benzene rings is 1. The molecule has 0 heterocycles. The maximum atomic E-state index is 12.7. The van der Waals surface area contributed by atoms with Crippen molar-refractivity contribution in [1.82, 2.24) is 0 Å². The van der Waals surface area contributed by atoms with Crippen LogP contribution in [0.2, 0.25) is 5.02 Å². The van der Waals surface area contributed by atoms with E-state index in [2.05, 4.69) is 5.32 Å². The molecule has 0 unspecified atom stereocenters. The summed E-state index contributed by atoms with van der Waals surface area (Å²) >= 11 is 12.7. The molecule has 21 heavy (non-hydrogen) atoms. The van der Waals surface area contributed by atoms with Crippen LogP contribution in [-0.2, 0) is 6.18 Å². The van der Waals surface area contributed by atoms with Crippen LogP contribution in [0.4, 0.5) is 18.9 Å². The molecular formula is C14H15ClF3NS2. The van der Waals surface area contributed by atoms with Gasteiger partial charge in [0.25, 0.3) is 0 Å². The summed E-state index contributed by atoms with van der Waals surface area (Å²) in [6.45, 7) is 0. The number of hydrogen-bond donors (Lipinski definition) is 1. The fraction of sp³-hybridized carbons (Fsp3) is 0.500. The van der Waals surface area contributed by atoms with Crippen molar-refractivity contribution >= 4 is 45.6 Å². The number of alkyl halides is 3. The molecule has 1 aliphatic rings. The lowest BCUT2D eigenvalue weighted by Gasteiger charge is -2.21. The summed E-state index contributed by atoms with van der Waals surface area (Å²) in [6, 6.07) is 3.20. The zero-order valence-corrected chi connectivity index (χ0v) is 13.6. The van der Waals surface area contributed by atoms with Crippen molar-refractivity contribution in [3.05, 3.63) is 28.8 Å². The molecule has 1 N–H and O–H groups in total. The van der Waals surface area contributed by atoms with Crippen molar-refractivity contribution in [3.8, 4) is 0 Å². The van der Waals surface area contributed by atoms with Gasteiger partial charge < -0.3 is 5.32 Å². The molecule has 0 saturated heterocycles. The maximum Gasteiger partial charge on any atom is 0.416 e. The van der Waals surface area contributed by atoms with Crippen molar-refractivity contribution in [3.63, 3.8) is 0 Å². The molecule has 0 spiro atoms. The first kappa shape index (κ1) is 16.9. The Morgan fingerprint density at radius 2 is 1.90 bits per heavy atom. The van der Waals surface area contributed by atoms with Crippen LogP contribution in [0, 0.1) is 0 Å². The van der Waals surface area contributed by atoms with E-state index in [0.717, 1.165) is 25.0 Å². The minimum atomic E-state index is -4.39. The van der Waals surface area contributed by atoms with Crippen LogP contribution in [0.15, 0.2) is 18.2 Å². The Morgan fingerprint density at radius 3 is 2.52 bits per heavy atom. The summed E-state index contributed by atoms with van der Waals surface area (Å²) in [5.41, 5.74) is -0.528. The lowest BCUT2D eigenvalue weighted by molar-refractivity contribution is -0.137. The van der Waals surface area contributed by atoms with Crippen LogP contribution in [0.3, 0.4) is 0 Å². The molecule has 0 aliphatic heterocycles. The quantitative estimate of drug-likeness (QED) is 0.643. The maximum absolute atomic E-state index is 12.7. The zero-order chi connectivity index (χ0) is 15.5. The third-order valence-corrected chi connectivity index (χ3v) is 5.20. The van der Waals surface area contributed by atoms with Gasteiger partial charge in [-0.2, -0.15) is 13.2 Å². The normalized spacial score (nSPS) is 16.8. The van der Waals surface area contributed by atoms with Crippen LogP contribution in [-0.4, -0.2) is 9.57 Å². The van der Waals surface area contributed by atoms with Gasteiger partial charge in [-0.15, -0.1) is 0 Å². The van der Waals surface area contributed by atoms with E-state index in [9.17, 15) is 13.2 Å². The minimum absolute atomic E-state index is 0.208. The Balaban J connectivity index is 2.02. The summed E-state index contributed by atoms with van der Waals surface area (Å²) in [5.74, 6) is 0. The SMILES string of the molecule is FC(F)(F)c1ccc(Cl)c(NC(=S)SC2CCCCC2)c1. The van der Waals surface area contributed by atoms with Crippen LogP contribution in [0.5, 0.6) is 0 Å². The number of anilines is 1. The molecule has 116 valence electrons. The molecule has 1 nitrogen and oxygen atoms in total. The predicted molar refractivity (Wildman–Crippen MR) is 87.1 cm³/mol. The molecule has 1 aliphatic carbocycles. The van der Waals surface area contributed by atoms with Crippen molar-refractivity contribution in [2.45, 2.75) is 43.5 Å². The first-order valence-corrected chi connectivity index (χ1v) is 8.37. The summed E-state index contributed by atoms with van der Waals surface area (Å²) < 4.78 is 38.6. The van der Waals surface area contributed by atoms with Crippen LogP contribution >= 0.6 is 35.6 Å². The highest BCUT2D eigenvalue weighted by Gasteiger charge is 2.31. The molecule has 2 rings (SSSR count). The highest BCUT2D eigenvalue weighted by atomic mass is 35.5. The van der Waals surface area contributed by atoms with E-state index in [0.29, 0.717) is 9.57 Å². The van der Waals surface area contributed by atoms with Crippen LogP contribution in [0.1, 0.15) is 37.7 Å². The van der Waals surface area contributed by atoms with E-state index in [-0.39, 0.29) is 10.7 Å². The Hall–Kier alpha value is -0.460. The van der Waals surface area contributed by atoms with Gasteiger partial charge in [0.1, 0.15) is 4.32 Å². The van der Waals surface area contributed by atoms with Gasteiger partial charge in [0.15, 0.2) is 0 Å². The Bertz CT molecular complexity index is 513. The van der Waals surface area contributed by atoms with E-state index in [1.807, 2.05) is 0 Å². The molecule has 1 aromatic rings. The number of halogens is 4. The summed E-state index contributed by atoms with van der Waals surface area (Å²) in [4.78, 5) is 0. The van der Waals surface area contributed by atoms with Crippen molar-refractivity contribution < 1.29 is 13.2 Å². The summed E-state index contributed by atoms with van der Waals surface area (Å²) in [7, 11) is 0. The molecule has 0 amide bonds. The minimum Gasteiger partial charge on any atom is -0.340 e. The second-order valence-electron chi connectivity index (χ2n) is 4.98. The fourth-order valence-electron chi connectivity index (χ4n) is 2.27. The van der Waals surface area contributed by atoms with Crippen LogP contribution < -0.4 is 5.32 Å². The van der Waals surface area contributed by atoms with Gasteiger partial charge in [-0.25, -0.2) is 0 Å². The lowest BCUT2D eigenvalue weighted by Crippen LogP contribution is -2.15. The van der Waals surface area contributed by atoms with Gasteiger partial charge in [-0.1, -0.05) is 54.8 Å². The monoisotopic (exact) mass is 353 g/mol. The number of thioether (sulfide) groups is 1. The van der Waals surface area contributed by atoms with E-state index < -0.39 is 11.7 Å². The van der Waals surface area contributed by atoms with Crippen molar-refractivity contribution in [2.24, 2.45) is 0 Å². The molecule has 0 atom stereocenters. The Kier molecular flexibility index (Phi) is 5.80. The average molecular weight is 354 g/mol. The molecule has 1 fully saturated rings. The van der Waals surface area contributed by atoms with E-state index in [1.54, 1.807) is 0 Å². The van der Waals surface area contributed by atoms with E-state index in [1.165, 1.54) is 37.1 Å². The van der Waals surface area contributed by atoms with Gasteiger partial charge in [-0.05, 0) is 31.0 Å². The second-order valence-corrected chi connectivity index (χ2v) is 7.37. The van der Waals surface area contributed by atoms with Crippen LogP contribution in [0.25, 0.3) is 0 Å². The highest BCUT2D eigenvalue weighted by Crippen LogP contribution is 2.35. The first-order chi connectivity index (χ1) is 9.86. The Morgan fingerprint density at radius 1 is 1.24 bits per heavy atom. The van der Waals surface area contributed by atoms with Gasteiger partial charge in [0, 0.05) is 5.25 Å². The topological polar surface area (TPSA) is 12.0 Å². The third kappa shape index (κ3) is 5.04. The number of rotatable bonds is 2. The van der Waals surface area contributed by atoms with E-state index in [4.69, 9.17) is 23.8 Å². The Labute approximate surface area is 136 Å². The largest absolute Gasteiger partial charge is 0.416 e. The molecule has 7 heteroatoms. The molecule has 0 bridgehead atoms. The number of thiocarbonyl (C=S) groups is 1. The third-order valence-electron chi connectivity index (χ3n) is 3.36. The second kappa shape index (κ2) is 7.20. The lowest BCUT2D eigenvalue weighted by atomic mass is 10.0. The molecule has 0 radical (unpaired) electrons. The molecule has 1 saturated carbocycles. The standard InChI is InChI=1S/C14H15ClF3NS2/c15-11-7-6-9(14(16,17)18)8-12(11)19-13(20)21-10-4-2-1-3-5-10/h6-8,10H,1-5H2,(H,19,20). The smallest absolute Gasteiger partial charge is 0.340 e. The van der Waals surface area contributed by atoms with Gasteiger partial charge in [0.2, 0.25) is 0 Å². The summed E-state index contributed by atoms with van der Waals surface area (Å²) in [6.07, 6.45) is 1.43. The van der Waals surface area contributed by atoms with Crippen molar-refractivity contribution in [2.75, 3.05) is 5.32 Å². The molecule has 0 aromatic heterocycles. The highest BCUT2D eigenvalue weighted by molar-refractivity contribution is 8.23. The zero-order valence-electron chi connectivity index (χ0n) is 11.2. The van der Waals surface area contributed by atoms with Gasteiger partial charge >= 0.3 is 6.18 Å². The molecular weight excluding hydrogens is 339 g/mol. The first-order valence-electron chi connectivity index (χ1n) is 6.70. The van der Waals surface area contributed by atoms with Crippen molar-refractivity contribution in [1.29, 1.82) is 0 Å². The predicted octanol–water partition coefficient (Wildman–Crippen LogP) is 6.12.